The van der Waals surface area contributed by atoms with Gasteiger partial charge in [-0.25, -0.2) is 9.18 Å². The van der Waals surface area contributed by atoms with Crippen LogP contribution in [0.15, 0.2) is 12.1 Å². The van der Waals surface area contributed by atoms with Crippen molar-refractivity contribution in [3.8, 4) is 0 Å². The molecule has 20 heavy (non-hydrogen) atoms. The number of anilines is 2. The normalized spacial score (nSPS) is 17.8. The number of nitrogen functional groups attached to an aromatic ring is 1. The summed E-state index contributed by atoms with van der Waals surface area (Å²) in [4.78, 5) is 24.4. The highest BCUT2D eigenvalue weighted by atomic mass is 19.1. The van der Waals surface area contributed by atoms with Crippen molar-refractivity contribution in [1.82, 2.24) is 5.32 Å². The maximum Gasteiger partial charge on any atom is 0.338 e. The van der Waals surface area contributed by atoms with Gasteiger partial charge < -0.3 is 21.1 Å². The summed E-state index contributed by atoms with van der Waals surface area (Å²) in [6.45, 7) is 4.28. The molecule has 1 saturated heterocycles. The van der Waals surface area contributed by atoms with Crippen LogP contribution in [0.1, 0.15) is 24.2 Å². The van der Waals surface area contributed by atoms with Gasteiger partial charge in [0.1, 0.15) is 11.4 Å². The van der Waals surface area contributed by atoms with Gasteiger partial charge in [-0.1, -0.05) is 0 Å². The van der Waals surface area contributed by atoms with Gasteiger partial charge in [-0.15, -0.1) is 0 Å². The molecule has 1 aliphatic heterocycles. The molecule has 0 spiro atoms. The molecule has 0 saturated carbocycles. The van der Waals surface area contributed by atoms with E-state index < -0.39 is 22.9 Å². The number of benzene rings is 1. The number of amides is 1. The summed E-state index contributed by atoms with van der Waals surface area (Å²) >= 11 is 0. The summed E-state index contributed by atoms with van der Waals surface area (Å²) < 4.78 is 13.8. The molecule has 1 aliphatic rings. The number of hydrogen-bond acceptors (Lipinski definition) is 4. The van der Waals surface area contributed by atoms with E-state index in [9.17, 15) is 14.0 Å². The number of nitrogens with two attached hydrogens (primary N) is 1. The summed E-state index contributed by atoms with van der Waals surface area (Å²) in [7, 11) is 0. The first-order valence-corrected chi connectivity index (χ1v) is 6.13. The fourth-order valence-electron chi connectivity index (χ4n) is 2.30. The van der Waals surface area contributed by atoms with E-state index >= 15 is 0 Å². The molecule has 7 heteroatoms. The predicted molar refractivity (Wildman–Crippen MR) is 72.2 cm³/mol. The van der Waals surface area contributed by atoms with Gasteiger partial charge in [0.05, 0.1) is 16.9 Å². The SMILES string of the molecule is CC1(C)C(=O)NCCN1c1cc(F)c(C(=O)O)cc1N. The van der Waals surface area contributed by atoms with Crippen LogP contribution in [-0.2, 0) is 4.79 Å². The second-order valence-corrected chi connectivity index (χ2v) is 5.16. The van der Waals surface area contributed by atoms with E-state index in [1.54, 1.807) is 18.7 Å². The number of carboxylic acid groups (broad SMARTS) is 1. The molecule has 1 heterocycles. The molecule has 4 N–H and O–H groups in total. The number of rotatable bonds is 2. The Kier molecular flexibility index (Phi) is 3.29. The molecule has 108 valence electrons. The molecule has 0 aromatic heterocycles. The third kappa shape index (κ3) is 2.15. The van der Waals surface area contributed by atoms with E-state index in [4.69, 9.17) is 10.8 Å². The summed E-state index contributed by atoms with van der Waals surface area (Å²) in [5, 5.41) is 11.6. The molecule has 1 amide bonds. The van der Waals surface area contributed by atoms with Crippen LogP contribution >= 0.6 is 0 Å². The molecule has 2 rings (SSSR count). The molecular formula is C13H16FN3O3. The number of carboxylic acids is 1. The Morgan fingerprint density at radius 1 is 1.50 bits per heavy atom. The second-order valence-electron chi connectivity index (χ2n) is 5.16. The Morgan fingerprint density at radius 3 is 2.75 bits per heavy atom. The number of piperazine rings is 1. The molecule has 0 unspecified atom stereocenters. The van der Waals surface area contributed by atoms with Crippen LogP contribution in [-0.4, -0.2) is 35.6 Å². The number of nitrogens with one attached hydrogen (secondary N) is 1. The van der Waals surface area contributed by atoms with Crippen LogP contribution in [0, 0.1) is 5.82 Å². The van der Waals surface area contributed by atoms with Crippen molar-refractivity contribution in [1.29, 1.82) is 0 Å². The molecule has 0 atom stereocenters. The van der Waals surface area contributed by atoms with Crippen molar-refractivity contribution in [2.75, 3.05) is 23.7 Å². The maximum absolute atomic E-state index is 13.8. The fraction of sp³-hybridized carbons (Fsp3) is 0.385. The zero-order valence-electron chi connectivity index (χ0n) is 11.2. The smallest absolute Gasteiger partial charge is 0.338 e. The molecule has 0 bridgehead atoms. The number of hydrogen-bond donors (Lipinski definition) is 3. The van der Waals surface area contributed by atoms with Crippen LogP contribution in [0.4, 0.5) is 15.8 Å². The van der Waals surface area contributed by atoms with Crippen molar-refractivity contribution in [3.63, 3.8) is 0 Å². The minimum atomic E-state index is -1.38. The van der Waals surface area contributed by atoms with E-state index in [1.807, 2.05) is 0 Å². The average Bonchev–Trinajstić information content (AvgIpc) is 2.35. The zero-order valence-corrected chi connectivity index (χ0v) is 11.2. The number of halogens is 1. The number of nitrogens with zero attached hydrogens (tertiary/aromatic N) is 1. The number of carbonyl (C=O) groups excluding carboxylic acids is 1. The topological polar surface area (TPSA) is 95.7 Å². The quantitative estimate of drug-likeness (QED) is 0.698. The van der Waals surface area contributed by atoms with Gasteiger partial charge >= 0.3 is 5.97 Å². The van der Waals surface area contributed by atoms with Crippen molar-refractivity contribution in [2.24, 2.45) is 0 Å². The van der Waals surface area contributed by atoms with E-state index in [1.165, 1.54) is 0 Å². The molecular weight excluding hydrogens is 265 g/mol. The lowest BCUT2D eigenvalue weighted by Gasteiger charge is -2.43. The van der Waals surface area contributed by atoms with Gasteiger partial charge in [-0.3, -0.25) is 4.79 Å². The first-order chi connectivity index (χ1) is 9.25. The molecule has 1 fully saturated rings. The highest BCUT2D eigenvalue weighted by molar-refractivity contribution is 5.94. The highest BCUT2D eigenvalue weighted by Gasteiger charge is 2.38. The molecule has 1 aromatic rings. The Morgan fingerprint density at radius 2 is 2.15 bits per heavy atom. The van der Waals surface area contributed by atoms with Crippen LogP contribution < -0.4 is 16.0 Å². The minimum Gasteiger partial charge on any atom is -0.478 e. The van der Waals surface area contributed by atoms with Crippen LogP contribution in [0.2, 0.25) is 0 Å². The minimum absolute atomic E-state index is 0.131. The monoisotopic (exact) mass is 281 g/mol. The van der Waals surface area contributed by atoms with Crippen molar-refractivity contribution in [2.45, 2.75) is 19.4 Å². The van der Waals surface area contributed by atoms with Crippen LogP contribution in [0.25, 0.3) is 0 Å². The van der Waals surface area contributed by atoms with Gasteiger partial charge in [0.25, 0.3) is 0 Å². The number of carbonyl (C=O) groups is 2. The van der Waals surface area contributed by atoms with Gasteiger partial charge in [-0.05, 0) is 19.9 Å². The highest BCUT2D eigenvalue weighted by Crippen LogP contribution is 2.33. The molecule has 6 nitrogen and oxygen atoms in total. The van der Waals surface area contributed by atoms with E-state index in [0.717, 1.165) is 12.1 Å². The Bertz CT molecular complexity index is 586. The maximum atomic E-state index is 13.8. The van der Waals surface area contributed by atoms with E-state index in [0.29, 0.717) is 18.8 Å². The summed E-state index contributed by atoms with van der Waals surface area (Å²) in [6, 6.07) is 2.15. The second kappa shape index (κ2) is 4.66. The lowest BCUT2D eigenvalue weighted by molar-refractivity contribution is -0.126. The molecule has 0 aliphatic carbocycles. The summed E-state index contributed by atoms with van der Waals surface area (Å²) in [5.41, 5.74) is 4.91. The van der Waals surface area contributed by atoms with Gasteiger partial charge in [0.15, 0.2) is 0 Å². The van der Waals surface area contributed by atoms with E-state index in [-0.39, 0.29) is 11.6 Å². The largest absolute Gasteiger partial charge is 0.478 e. The fourth-order valence-corrected chi connectivity index (χ4v) is 2.30. The number of aromatic carboxylic acids is 1. The van der Waals surface area contributed by atoms with E-state index in [2.05, 4.69) is 5.32 Å². The van der Waals surface area contributed by atoms with Gasteiger partial charge in [-0.2, -0.15) is 0 Å². The van der Waals surface area contributed by atoms with Gasteiger partial charge in [0, 0.05) is 19.2 Å². The average molecular weight is 281 g/mol. The standard InChI is InChI=1S/C13H16FN3O3/c1-13(2)12(20)16-3-4-17(13)10-6-8(14)7(11(18)19)5-9(10)15/h5-6H,3-4,15H2,1-2H3,(H,16,20)(H,18,19). The Balaban J connectivity index is 2.50. The molecule has 1 aromatic carbocycles. The lowest BCUT2D eigenvalue weighted by Crippen LogP contribution is -2.62. The summed E-state index contributed by atoms with van der Waals surface area (Å²) in [5.74, 6) is -2.44. The van der Waals surface area contributed by atoms with Crippen LogP contribution in [0.5, 0.6) is 0 Å². The van der Waals surface area contributed by atoms with Gasteiger partial charge in [0.2, 0.25) is 5.91 Å². The Labute approximate surface area is 115 Å². The third-order valence-electron chi connectivity index (χ3n) is 3.49. The third-order valence-corrected chi connectivity index (χ3v) is 3.49. The Hall–Kier alpha value is -2.31. The first-order valence-electron chi connectivity index (χ1n) is 6.13. The predicted octanol–water partition coefficient (Wildman–Crippen LogP) is 0.821. The van der Waals surface area contributed by atoms with Crippen molar-refractivity contribution >= 4 is 23.3 Å². The zero-order chi connectivity index (χ0) is 15.1. The van der Waals surface area contributed by atoms with Crippen molar-refractivity contribution < 1.29 is 19.1 Å². The van der Waals surface area contributed by atoms with Crippen molar-refractivity contribution in [3.05, 3.63) is 23.5 Å². The molecule has 0 radical (unpaired) electrons. The summed E-state index contributed by atoms with van der Waals surface area (Å²) in [6.07, 6.45) is 0. The van der Waals surface area contributed by atoms with Crippen LogP contribution in [0.3, 0.4) is 0 Å². The lowest BCUT2D eigenvalue weighted by atomic mass is 9.97. The first kappa shape index (κ1) is 14.1.